The van der Waals surface area contributed by atoms with Gasteiger partial charge in [-0.3, -0.25) is 4.98 Å². The van der Waals surface area contributed by atoms with Crippen LogP contribution in [0.25, 0.3) is 0 Å². The lowest BCUT2D eigenvalue weighted by atomic mass is 10.1. The van der Waals surface area contributed by atoms with E-state index in [9.17, 15) is 0 Å². The highest BCUT2D eigenvalue weighted by molar-refractivity contribution is 5.40. The molecule has 4 nitrogen and oxygen atoms in total. The Morgan fingerprint density at radius 3 is 2.65 bits per heavy atom. The van der Waals surface area contributed by atoms with E-state index in [1.807, 2.05) is 13.1 Å². The van der Waals surface area contributed by atoms with Crippen LogP contribution < -0.4 is 10.2 Å². The van der Waals surface area contributed by atoms with Gasteiger partial charge in [0.1, 0.15) is 5.82 Å². The van der Waals surface area contributed by atoms with Gasteiger partial charge in [0.2, 0.25) is 0 Å². The van der Waals surface area contributed by atoms with Crippen molar-refractivity contribution in [1.29, 1.82) is 0 Å². The van der Waals surface area contributed by atoms with E-state index in [1.54, 1.807) is 12.4 Å². The van der Waals surface area contributed by atoms with Crippen molar-refractivity contribution in [3.63, 3.8) is 0 Å². The predicted molar refractivity (Wildman–Crippen MR) is 72.1 cm³/mol. The SMILES string of the molecule is C=CCN(c1cncc(CNC)n1)C(C)(C)C. The summed E-state index contributed by atoms with van der Waals surface area (Å²) in [5.74, 6) is 0.894. The first-order valence-corrected chi connectivity index (χ1v) is 5.83. The van der Waals surface area contributed by atoms with Gasteiger partial charge < -0.3 is 10.2 Å². The van der Waals surface area contributed by atoms with E-state index >= 15 is 0 Å². The van der Waals surface area contributed by atoms with Gasteiger partial charge in [-0.25, -0.2) is 4.98 Å². The fourth-order valence-corrected chi connectivity index (χ4v) is 1.63. The number of hydrogen-bond acceptors (Lipinski definition) is 4. The van der Waals surface area contributed by atoms with Crippen molar-refractivity contribution in [1.82, 2.24) is 15.3 Å². The molecule has 0 aromatic carbocycles. The number of aromatic nitrogens is 2. The van der Waals surface area contributed by atoms with Crippen LogP contribution in [-0.4, -0.2) is 29.1 Å². The normalized spacial score (nSPS) is 11.3. The first kappa shape index (κ1) is 13.6. The molecule has 1 heterocycles. The average molecular weight is 234 g/mol. The van der Waals surface area contributed by atoms with Crippen molar-refractivity contribution >= 4 is 5.82 Å². The summed E-state index contributed by atoms with van der Waals surface area (Å²) < 4.78 is 0. The second kappa shape index (κ2) is 5.77. The molecule has 0 radical (unpaired) electrons. The minimum Gasteiger partial charge on any atom is -0.347 e. The second-order valence-electron chi connectivity index (χ2n) is 4.97. The summed E-state index contributed by atoms with van der Waals surface area (Å²) in [6.45, 7) is 11.8. The van der Waals surface area contributed by atoms with Gasteiger partial charge in [-0.15, -0.1) is 6.58 Å². The van der Waals surface area contributed by atoms with Gasteiger partial charge in [0.15, 0.2) is 0 Å². The molecule has 0 bridgehead atoms. The van der Waals surface area contributed by atoms with Crippen LogP contribution >= 0.6 is 0 Å². The summed E-state index contributed by atoms with van der Waals surface area (Å²) in [6, 6.07) is 0. The lowest BCUT2D eigenvalue weighted by molar-refractivity contribution is 0.515. The Labute approximate surface area is 104 Å². The van der Waals surface area contributed by atoms with Crippen LogP contribution in [-0.2, 0) is 6.54 Å². The first-order chi connectivity index (χ1) is 7.99. The molecule has 4 heteroatoms. The largest absolute Gasteiger partial charge is 0.347 e. The number of rotatable bonds is 5. The Kier molecular flexibility index (Phi) is 4.63. The van der Waals surface area contributed by atoms with Gasteiger partial charge in [0, 0.05) is 24.8 Å². The fourth-order valence-electron chi connectivity index (χ4n) is 1.63. The molecule has 0 atom stereocenters. The molecule has 1 rings (SSSR count). The molecule has 17 heavy (non-hydrogen) atoms. The Balaban J connectivity index is 3.01. The van der Waals surface area contributed by atoms with E-state index in [1.165, 1.54) is 0 Å². The highest BCUT2D eigenvalue weighted by Gasteiger charge is 2.21. The molecule has 0 aliphatic carbocycles. The molecule has 1 aromatic heterocycles. The molecule has 0 aliphatic heterocycles. The van der Waals surface area contributed by atoms with Crippen LogP contribution in [0.1, 0.15) is 26.5 Å². The first-order valence-electron chi connectivity index (χ1n) is 5.83. The van der Waals surface area contributed by atoms with Crippen LogP contribution in [0, 0.1) is 0 Å². The Hall–Kier alpha value is -1.42. The molecule has 0 unspecified atom stereocenters. The molecular formula is C13H22N4. The van der Waals surface area contributed by atoms with Gasteiger partial charge in [0.25, 0.3) is 0 Å². The van der Waals surface area contributed by atoms with Crippen LogP contribution in [0.4, 0.5) is 5.82 Å². The maximum absolute atomic E-state index is 4.60. The summed E-state index contributed by atoms with van der Waals surface area (Å²) in [4.78, 5) is 11.0. The third-order valence-electron chi connectivity index (χ3n) is 2.43. The molecule has 0 saturated carbocycles. The van der Waals surface area contributed by atoms with Crippen molar-refractivity contribution in [2.45, 2.75) is 32.9 Å². The zero-order valence-corrected chi connectivity index (χ0v) is 11.2. The van der Waals surface area contributed by atoms with Crippen molar-refractivity contribution in [2.75, 3.05) is 18.5 Å². The summed E-state index contributed by atoms with van der Waals surface area (Å²) in [6.07, 6.45) is 5.47. The molecular weight excluding hydrogens is 212 g/mol. The van der Waals surface area contributed by atoms with Crippen molar-refractivity contribution < 1.29 is 0 Å². The Morgan fingerprint density at radius 2 is 2.12 bits per heavy atom. The van der Waals surface area contributed by atoms with Crippen LogP contribution in [0.5, 0.6) is 0 Å². The van der Waals surface area contributed by atoms with Crippen molar-refractivity contribution in [3.8, 4) is 0 Å². The van der Waals surface area contributed by atoms with Crippen molar-refractivity contribution in [3.05, 3.63) is 30.7 Å². The lowest BCUT2D eigenvalue weighted by Crippen LogP contribution is -2.42. The molecule has 0 aliphatic rings. The van der Waals surface area contributed by atoms with Crippen molar-refractivity contribution in [2.24, 2.45) is 0 Å². The number of nitrogens with one attached hydrogen (secondary N) is 1. The van der Waals surface area contributed by atoms with Gasteiger partial charge in [-0.2, -0.15) is 0 Å². The maximum Gasteiger partial charge on any atom is 0.148 e. The third kappa shape index (κ3) is 3.82. The average Bonchev–Trinajstić information content (AvgIpc) is 2.25. The topological polar surface area (TPSA) is 41.1 Å². The molecule has 0 spiro atoms. The molecule has 0 saturated heterocycles. The van der Waals surface area contributed by atoms with Gasteiger partial charge in [-0.05, 0) is 27.8 Å². The van der Waals surface area contributed by atoms with Crippen LogP contribution in [0.2, 0.25) is 0 Å². The van der Waals surface area contributed by atoms with E-state index in [-0.39, 0.29) is 5.54 Å². The zero-order valence-electron chi connectivity index (χ0n) is 11.2. The maximum atomic E-state index is 4.60. The second-order valence-corrected chi connectivity index (χ2v) is 4.97. The van der Waals surface area contributed by atoms with E-state index < -0.39 is 0 Å². The van der Waals surface area contributed by atoms with E-state index in [2.05, 4.69) is 47.5 Å². The van der Waals surface area contributed by atoms with Gasteiger partial charge in [-0.1, -0.05) is 6.08 Å². The molecule has 0 fully saturated rings. The molecule has 0 amide bonds. The lowest BCUT2D eigenvalue weighted by Gasteiger charge is -2.35. The Bertz CT molecular complexity index is 368. The van der Waals surface area contributed by atoms with Gasteiger partial charge >= 0.3 is 0 Å². The zero-order chi connectivity index (χ0) is 12.9. The summed E-state index contributed by atoms with van der Waals surface area (Å²) in [5, 5.41) is 3.08. The predicted octanol–water partition coefficient (Wildman–Crippen LogP) is 1.99. The minimum atomic E-state index is 0.00113. The Morgan fingerprint density at radius 1 is 1.41 bits per heavy atom. The highest BCUT2D eigenvalue weighted by atomic mass is 15.2. The summed E-state index contributed by atoms with van der Waals surface area (Å²) >= 11 is 0. The van der Waals surface area contributed by atoms with E-state index in [0.717, 1.165) is 24.6 Å². The fraction of sp³-hybridized carbons (Fsp3) is 0.538. The number of anilines is 1. The molecule has 1 N–H and O–H groups in total. The summed E-state index contributed by atoms with van der Waals surface area (Å²) in [7, 11) is 1.90. The number of hydrogen-bond donors (Lipinski definition) is 1. The third-order valence-corrected chi connectivity index (χ3v) is 2.43. The molecule has 94 valence electrons. The smallest absolute Gasteiger partial charge is 0.148 e. The minimum absolute atomic E-state index is 0.00113. The monoisotopic (exact) mass is 234 g/mol. The summed E-state index contributed by atoms with van der Waals surface area (Å²) in [5.41, 5.74) is 0.949. The highest BCUT2D eigenvalue weighted by Crippen LogP contribution is 2.20. The van der Waals surface area contributed by atoms with Crippen LogP contribution in [0.3, 0.4) is 0 Å². The molecule has 1 aromatic rings. The number of nitrogens with zero attached hydrogens (tertiary/aromatic N) is 3. The van der Waals surface area contributed by atoms with Crippen LogP contribution in [0.15, 0.2) is 25.0 Å². The standard InChI is InChI=1S/C13H22N4/c1-6-7-17(13(2,3)4)12-10-15-9-11(16-12)8-14-5/h6,9-10,14H,1,7-8H2,2-5H3. The van der Waals surface area contributed by atoms with Gasteiger partial charge in [0.05, 0.1) is 11.9 Å². The van der Waals surface area contributed by atoms with E-state index in [4.69, 9.17) is 0 Å². The quantitative estimate of drug-likeness (QED) is 0.791. The van der Waals surface area contributed by atoms with E-state index in [0.29, 0.717) is 0 Å².